The minimum Gasteiger partial charge on any atom is -0.330 e. The number of rotatable bonds is 4. The van der Waals surface area contributed by atoms with Crippen LogP contribution in [0.4, 0.5) is 5.69 Å². The highest BCUT2D eigenvalue weighted by Crippen LogP contribution is 2.34. The Labute approximate surface area is 114 Å². The average Bonchev–Trinajstić information content (AvgIpc) is 2.39. The molecule has 0 aromatic heterocycles. The lowest BCUT2D eigenvalue weighted by Gasteiger charge is -2.34. The van der Waals surface area contributed by atoms with Crippen molar-refractivity contribution in [1.29, 1.82) is 0 Å². The monoisotopic (exact) mass is 261 g/mol. The molecule has 0 fully saturated rings. The van der Waals surface area contributed by atoms with E-state index in [2.05, 4.69) is 36.6 Å². The third-order valence-corrected chi connectivity index (χ3v) is 3.95. The molecule has 1 heterocycles. The number of carbonyl (C=O) groups excluding carboxylic acids is 1. The summed E-state index contributed by atoms with van der Waals surface area (Å²) >= 11 is 0. The molecule has 0 spiro atoms. The van der Waals surface area contributed by atoms with Gasteiger partial charge in [-0.15, -0.1) is 0 Å². The van der Waals surface area contributed by atoms with Crippen molar-refractivity contribution in [1.82, 2.24) is 5.32 Å². The molecule has 1 aromatic carbocycles. The smallest absolute Gasteiger partial charge is 0.224 e. The summed E-state index contributed by atoms with van der Waals surface area (Å²) in [6.07, 6.45) is 1.38. The summed E-state index contributed by atoms with van der Waals surface area (Å²) in [5, 5.41) is 6.27. The van der Waals surface area contributed by atoms with E-state index in [1.165, 1.54) is 11.1 Å². The van der Waals surface area contributed by atoms with Crippen LogP contribution in [0.3, 0.4) is 0 Å². The van der Waals surface area contributed by atoms with E-state index in [9.17, 15) is 4.79 Å². The zero-order chi connectivity index (χ0) is 14.0. The second-order valence-electron chi connectivity index (χ2n) is 5.88. The first-order chi connectivity index (χ1) is 8.97. The molecule has 1 aliphatic heterocycles. The molecule has 0 saturated carbocycles. The van der Waals surface area contributed by atoms with Gasteiger partial charge < -0.3 is 16.4 Å². The summed E-state index contributed by atoms with van der Waals surface area (Å²) in [6.45, 7) is 4.94. The molecule has 0 saturated heterocycles. The Hall–Kier alpha value is -1.39. The second-order valence-corrected chi connectivity index (χ2v) is 5.88. The Bertz CT molecular complexity index is 482. The first-order valence-corrected chi connectivity index (χ1v) is 6.78. The van der Waals surface area contributed by atoms with Crippen LogP contribution in [0.5, 0.6) is 0 Å². The highest BCUT2D eigenvalue weighted by molar-refractivity contribution is 5.93. The molecular formula is C15H23N3O. The van der Waals surface area contributed by atoms with Gasteiger partial charge in [-0.1, -0.05) is 26.0 Å². The number of fused-ring (bicyclic) bond motifs is 1. The largest absolute Gasteiger partial charge is 0.330 e. The van der Waals surface area contributed by atoms with Crippen molar-refractivity contribution >= 4 is 11.6 Å². The maximum Gasteiger partial charge on any atom is 0.224 e. The molecule has 1 amide bonds. The Morgan fingerprint density at radius 1 is 1.42 bits per heavy atom. The lowest BCUT2D eigenvalue weighted by atomic mass is 9.80. The maximum atomic E-state index is 11.4. The summed E-state index contributed by atoms with van der Waals surface area (Å²) in [5.74, 6) is 0.104. The van der Waals surface area contributed by atoms with Gasteiger partial charge in [0, 0.05) is 18.2 Å². The van der Waals surface area contributed by atoms with Gasteiger partial charge in [0.2, 0.25) is 5.91 Å². The van der Waals surface area contributed by atoms with Crippen molar-refractivity contribution in [3.8, 4) is 0 Å². The molecule has 4 N–H and O–H groups in total. The Morgan fingerprint density at radius 3 is 2.79 bits per heavy atom. The lowest BCUT2D eigenvalue weighted by molar-refractivity contribution is -0.116. The number of carbonyl (C=O) groups is 1. The Morgan fingerprint density at radius 2 is 2.16 bits per heavy atom. The van der Waals surface area contributed by atoms with Crippen molar-refractivity contribution in [2.24, 2.45) is 11.1 Å². The summed E-state index contributed by atoms with van der Waals surface area (Å²) in [5.41, 5.74) is 9.25. The molecule has 2 rings (SSSR count). The quantitative estimate of drug-likeness (QED) is 0.774. The van der Waals surface area contributed by atoms with E-state index in [0.717, 1.165) is 12.1 Å². The molecular weight excluding hydrogens is 238 g/mol. The molecule has 0 bridgehead atoms. The number of aryl methyl sites for hydroxylation is 1. The van der Waals surface area contributed by atoms with Gasteiger partial charge in [-0.3, -0.25) is 4.79 Å². The summed E-state index contributed by atoms with van der Waals surface area (Å²) in [6, 6.07) is 6.47. The first-order valence-electron chi connectivity index (χ1n) is 6.78. The van der Waals surface area contributed by atoms with Crippen LogP contribution in [0, 0.1) is 5.41 Å². The maximum absolute atomic E-state index is 11.4. The van der Waals surface area contributed by atoms with Crippen molar-refractivity contribution in [3.05, 3.63) is 29.3 Å². The number of nitrogens with two attached hydrogens (primary N) is 1. The van der Waals surface area contributed by atoms with Crippen molar-refractivity contribution in [3.63, 3.8) is 0 Å². The third-order valence-electron chi connectivity index (χ3n) is 3.95. The summed E-state index contributed by atoms with van der Waals surface area (Å²) < 4.78 is 0. The van der Waals surface area contributed by atoms with E-state index in [4.69, 9.17) is 5.73 Å². The van der Waals surface area contributed by atoms with E-state index < -0.39 is 0 Å². The molecule has 104 valence electrons. The fourth-order valence-corrected chi connectivity index (χ4v) is 2.71. The van der Waals surface area contributed by atoms with Gasteiger partial charge >= 0.3 is 0 Å². The minimum absolute atomic E-state index is 0.0130. The second kappa shape index (κ2) is 5.31. The normalized spacial score (nSPS) is 16.7. The van der Waals surface area contributed by atoms with Crippen LogP contribution in [0.15, 0.2) is 18.2 Å². The number of benzene rings is 1. The molecule has 1 aliphatic rings. The topological polar surface area (TPSA) is 67.2 Å². The van der Waals surface area contributed by atoms with Gasteiger partial charge in [0.05, 0.1) is 0 Å². The fraction of sp³-hybridized carbons (Fsp3) is 0.533. The number of amides is 1. The standard InChI is InChI=1S/C15H23N3O/c1-15(2,9-16)14(17-3)11-4-6-12-10(8-11)5-7-13(19)18-12/h4,6,8,14,17H,5,7,9,16H2,1-3H3,(H,18,19). The number of anilines is 1. The van der Waals surface area contributed by atoms with E-state index in [1.807, 2.05) is 13.1 Å². The number of nitrogens with one attached hydrogen (secondary N) is 2. The molecule has 1 aromatic rings. The molecule has 4 nitrogen and oxygen atoms in total. The van der Waals surface area contributed by atoms with Gasteiger partial charge in [-0.25, -0.2) is 0 Å². The summed E-state index contributed by atoms with van der Waals surface area (Å²) in [7, 11) is 1.96. The van der Waals surface area contributed by atoms with Crippen LogP contribution in [-0.2, 0) is 11.2 Å². The van der Waals surface area contributed by atoms with E-state index in [0.29, 0.717) is 13.0 Å². The zero-order valence-corrected chi connectivity index (χ0v) is 11.9. The van der Waals surface area contributed by atoms with Crippen LogP contribution in [0.1, 0.15) is 37.4 Å². The van der Waals surface area contributed by atoms with Gasteiger partial charge in [-0.2, -0.15) is 0 Å². The predicted octanol–water partition coefficient (Wildman–Crippen LogP) is 1.82. The molecule has 19 heavy (non-hydrogen) atoms. The average molecular weight is 261 g/mol. The van der Waals surface area contributed by atoms with Gasteiger partial charge in [0.1, 0.15) is 0 Å². The number of hydrogen-bond donors (Lipinski definition) is 3. The van der Waals surface area contributed by atoms with Crippen molar-refractivity contribution < 1.29 is 4.79 Å². The summed E-state index contributed by atoms with van der Waals surface area (Å²) in [4.78, 5) is 11.4. The van der Waals surface area contributed by atoms with E-state index in [1.54, 1.807) is 0 Å². The van der Waals surface area contributed by atoms with Crippen LogP contribution in [0.2, 0.25) is 0 Å². The van der Waals surface area contributed by atoms with Crippen LogP contribution < -0.4 is 16.4 Å². The first kappa shape index (κ1) is 14.0. The molecule has 0 aliphatic carbocycles. The zero-order valence-electron chi connectivity index (χ0n) is 11.9. The molecule has 1 atom stereocenters. The van der Waals surface area contributed by atoms with Crippen LogP contribution >= 0.6 is 0 Å². The molecule has 1 unspecified atom stereocenters. The fourth-order valence-electron chi connectivity index (χ4n) is 2.71. The Balaban J connectivity index is 2.33. The SMILES string of the molecule is CNC(c1ccc2c(c1)CCC(=O)N2)C(C)(C)CN. The molecule has 4 heteroatoms. The minimum atomic E-state index is -0.0130. The lowest BCUT2D eigenvalue weighted by Crippen LogP contribution is -2.37. The van der Waals surface area contributed by atoms with Crippen molar-refractivity contribution in [2.75, 3.05) is 18.9 Å². The van der Waals surface area contributed by atoms with Gasteiger partial charge in [0.25, 0.3) is 0 Å². The van der Waals surface area contributed by atoms with Crippen LogP contribution in [-0.4, -0.2) is 19.5 Å². The molecule has 0 radical (unpaired) electrons. The van der Waals surface area contributed by atoms with Crippen LogP contribution in [0.25, 0.3) is 0 Å². The van der Waals surface area contributed by atoms with Crippen molar-refractivity contribution in [2.45, 2.75) is 32.7 Å². The predicted molar refractivity (Wildman–Crippen MR) is 78.0 cm³/mol. The van der Waals surface area contributed by atoms with E-state index in [-0.39, 0.29) is 17.4 Å². The highest BCUT2D eigenvalue weighted by atomic mass is 16.1. The Kier molecular flexibility index (Phi) is 3.92. The highest BCUT2D eigenvalue weighted by Gasteiger charge is 2.29. The third kappa shape index (κ3) is 2.80. The van der Waals surface area contributed by atoms with Gasteiger partial charge in [-0.05, 0) is 42.6 Å². The number of hydrogen-bond acceptors (Lipinski definition) is 3. The van der Waals surface area contributed by atoms with E-state index >= 15 is 0 Å². The van der Waals surface area contributed by atoms with Gasteiger partial charge in [0.15, 0.2) is 0 Å².